The zero-order valence-electron chi connectivity index (χ0n) is 13.0. The fraction of sp³-hybridized carbons (Fsp3) is 0.438. The Balaban J connectivity index is 2.41. The number of aromatic amines is 1. The fourth-order valence-electron chi connectivity index (χ4n) is 2.44. The molecule has 5 nitrogen and oxygen atoms in total. The summed E-state index contributed by atoms with van der Waals surface area (Å²) in [6.07, 6.45) is 2.17. The van der Waals surface area contributed by atoms with Gasteiger partial charge in [-0.1, -0.05) is 6.92 Å². The van der Waals surface area contributed by atoms with Crippen LogP contribution in [0.25, 0.3) is 11.0 Å². The molecule has 2 aromatic rings. The Kier molecular flexibility index (Phi) is 4.90. The number of aromatic nitrogens is 2. The second-order valence-corrected chi connectivity index (χ2v) is 5.26. The van der Waals surface area contributed by atoms with Gasteiger partial charge in [0.25, 0.3) is 5.91 Å². The number of hydrogen-bond acceptors (Lipinski definition) is 3. The standard InChI is InChI=1S/C16H20FN3O2/c1-4-10(21)6-5-7-11-14-13(8-12(17)9(2)19-14)20-15(11)16(22)18-3/h8,20H,4-7H2,1-3H3,(H,18,22). The summed E-state index contributed by atoms with van der Waals surface area (Å²) < 4.78 is 13.6. The predicted octanol–water partition coefficient (Wildman–Crippen LogP) is 2.67. The van der Waals surface area contributed by atoms with Crippen LogP contribution in [0.3, 0.4) is 0 Å². The van der Waals surface area contributed by atoms with Crippen LogP contribution in [0, 0.1) is 12.7 Å². The van der Waals surface area contributed by atoms with Crippen molar-refractivity contribution < 1.29 is 14.0 Å². The van der Waals surface area contributed by atoms with Crippen LogP contribution < -0.4 is 5.32 Å². The molecule has 22 heavy (non-hydrogen) atoms. The number of pyridine rings is 1. The molecule has 2 rings (SSSR count). The molecular formula is C16H20FN3O2. The molecule has 0 aliphatic heterocycles. The Morgan fingerprint density at radius 2 is 2.14 bits per heavy atom. The lowest BCUT2D eigenvalue weighted by Gasteiger charge is -2.04. The molecule has 0 aliphatic rings. The molecule has 0 aliphatic carbocycles. The van der Waals surface area contributed by atoms with E-state index in [9.17, 15) is 14.0 Å². The summed E-state index contributed by atoms with van der Waals surface area (Å²) in [6, 6.07) is 1.35. The minimum absolute atomic E-state index is 0.191. The Bertz CT molecular complexity index is 722. The van der Waals surface area contributed by atoms with Gasteiger partial charge in [-0.3, -0.25) is 9.59 Å². The van der Waals surface area contributed by atoms with Crippen LogP contribution in [0.5, 0.6) is 0 Å². The number of halogens is 1. The van der Waals surface area contributed by atoms with E-state index >= 15 is 0 Å². The molecule has 0 atom stereocenters. The first kappa shape index (κ1) is 16.1. The largest absolute Gasteiger partial charge is 0.354 e. The Morgan fingerprint density at radius 3 is 2.77 bits per heavy atom. The SMILES string of the molecule is CCC(=O)CCCc1c(C(=O)NC)[nH]c2cc(F)c(C)nc12. The lowest BCUT2D eigenvalue weighted by atomic mass is 10.0. The van der Waals surface area contributed by atoms with Crippen molar-refractivity contribution in [3.8, 4) is 0 Å². The van der Waals surface area contributed by atoms with Gasteiger partial charge in [0.1, 0.15) is 17.3 Å². The van der Waals surface area contributed by atoms with Gasteiger partial charge in [0.15, 0.2) is 0 Å². The Morgan fingerprint density at radius 1 is 1.41 bits per heavy atom. The van der Waals surface area contributed by atoms with Gasteiger partial charge < -0.3 is 10.3 Å². The number of rotatable bonds is 6. The van der Waals surface area contributed by atoms with Crippen molar-refractivity contribution in [2.45, 2.75) is 39.5 Å². The topological polar surface area (TPSA) is 74.8 Å². The molecule has 0 radical (unpaired) electrons. The lowest BCUT2D eigenvalue weighted by Crippen LogP contribution is -2.19. The van der Waals surface area contributed by atoms with Crippen LogP contribution in [0.15, 0.2) is 6.07 Å². The second-order valence-electron chi connectivity index (χ2n) is 5.26. The molecule has 0 saturated carbocycles. The maximum Gasteiger partial charge on any atom is 0.267 e. The number of carbonyl (C=O) groups is 2. The van der Waals surface area contributed by atoms with Crippen molar-refractivity contribution >= 4 is 22.7 Å². The number of amides is 1. The zero-order chi connectivity index (χ0) is 16.3. The normalized spacial score (nSPS) is 10.9. The summed E-state index contributed by atoms with van der Waals surface area (Å²) in [5.41, 5.74) is 2.51. The monoisotopic (exact) mass is 305 g/mol. The summed E-state index contributed by atoms with van der Waals surface area (Å²) >= 11 is 0. The highest BCUT2D eigenvalue weighted by Gasteiger charge is 2.19. The molecule has 2 aromatic heterocycles. The molecule has 118 valence electrons. The third-order valence-electron chi connectivity index (χ3n) is 3.73. The minimum Gasteiger partial charge on any atom is -0.354 e. The number of Topliss-reactive ketones (excluding diaryl/α,β-unsaturated/α-hetero) is 1. The van der Waals surface area contributed by atoms with Crippen molar-refractivity contribution in [3.63, 3.8) is 0 Å². The summed E-state index contributed by atoms with van der Waals surface area (Å²) in [4.78, 5) is 30.6. The van der Waals surface area contributed by atoms with Crippen LogP contribution in [0.4, 0.5) is 4.39 Å². The first-order valence-corrected chi connectivity index (χ1v) is 7.39. The van der Waals surface area contributed by atoms with Crippen molar-refractivity contribution in [1.29, 1.82) is 0 Å². The smallest absolute Gasteiger partial charge is 0.267 e. The summed E-state index contributed by atoms with van der Waals surface area (Å²) in [7, 11) is 1.54. The number of nitrogens with one attached hydrogen (secondary N) is 2. The maximum atomic E-state index is 13.6. The quantitative estimate of drug-likeness (QED) is 0.861. The number of H-pyrrole nitrogens is 1. The molecule has 1 amide bonds. The predicted molar refractivity (Wildman–Crippen MR) is 82.4 cm³/mol. The van der Waals surface area contributed by atoms with E-state index < -0.39 is 5.82 Å². The Hall–Kier alpha value is -2.24. The van der Waals surface area contributed by atoms with Crippen LogP contribution in [-0.4, -0.2) is 28.7 Å². The van der Waals surface area contributed by atoms with E-state index in [0.717, 1.165) is 5.56 Å². The maximum absolute atomic E-state index is 13.6. The number of fused-ring (bicyclic) bond motifs is 1. The van der Waals surface area contributed by atoms with Gasteiger partial charge in [0.05, 0.1) is 16.7 Å². The molecule has 0 fully saturated rings. The first-order valence-electron chi connectivity index (χ1n) is 7.39. The first-order chi connectivity index (χ1) is 10.5. The summed E-state index contributed by atoms with van der Waals surface area (Å²) in [5.74, 6) is -0.491. The van der Waals surface area contributed by atoms with Gasteiger partial charge in [0.2, 0.25) is 0 Å². The van der Waals surface area contributed by atoms with E-state index in [4.69, 9.17) is 0 Å². The second kappa shape index (κ2) is 6.68. The molecule has 0 unspecified atom stereocenters. The van der Waals surface area contributed by atoms with Gasteiger partial charge in [0, 0.05) is 31.5 Å². The fourth-order valence-corrected chi connectivity index (χ4v) is 2.44. The van der Waals surface area contributed by atoms with E-state index in [0.29, 0.717) is 48.1 Å². The molecule has 2 heterocycles. The van der Waals surface area contributed by atoms with E-state index in [1.54, 1.807) is 6.92 Å². The zero-order valence-corrected chi connectivity index (χ0v) is 13.0. The third kappa shape index (κ3) is 3.16. The van der Waals surface area contributed by atoms with Crippen LogP contribution in [0.1, 0.15) is 47.9 Å². The summed E-state index contributed by atoms with van der Waals surface area (Å²) in [5, 5.41) is 2.56. The van der Waals surface area contributed by atoms with E-state index in [2.05, 4.69) is 15.3 Å². The Labute approximate surface area is 128 Å². The van der Waals surface area contributed by atoms with Crippen molar-refractivity contribution in [3.05, 3.63) is 28.8 Å². The molecular weight excluding hydrogens is 285 g/mol. The molecule has 0 aromatic carbocycles. The number of nitrogens with zero attached hydrogens (tertiary/aromatic N) is 1. The van der Waals surface area contributed by atoms with E-state index in [1.165, 1.54) is 13.1 Å². The lowest BCUT2D eigenvalue weighted by molar-refractivity contribution is -0.118. The van der Waals surface area contributed by atoms with Gasteiger partial charge in [-0.05, 0) is 19.8 Å². The average molecular weight is 305 g/mol. The van der Waals surface area contributed by atoms with Crippen molar-refractivity contribution in [1.82, 2.24) is 15.3 Å². The van der Waals surface area contributed by atoms with Crippen molar-refractivity contribution in [2.75, 3.05) is 7.05 Å². The highest BCUT2D eigenvalue weighted by molar-refractivity contribution is 5.99. The molecule has 0 saturated heterocycles. The van der Waals surface area contributed by atoms with E-state index in [1.807, 2.05) is 6.92 Å². The van der Waals surface area contributed by atoms with Crippen LogP contribution in [0.2, 0.25) is 0 Å². The molecule has 6 heteroatoms. The number of carbonyl (C=O) groups excluding carboxylic acids is 2. The number of aryl methyl sites for hydroxylation is 2. The van der Waals surface area contributed by atoms with Gasteiger partial charge in [-0.15, -0.1) is 0 Å². The summed E-state index contributed by atoms with van der Waals surface area (Å²) in [6.45, 7) is 3.42. The number of hydrogen-bond donors (Lipinski definition) is 2. The van der Waals surface area contributed by atoms with Gasteiger partial charge >= 0.3 is 0 Å². The molecule has 2 N–H and O–H groups in total. The van der Waals surface area contributed by atoms with Crippen LogP contribution in [-0.2, 0) is 11.2 Å². The highest BCUT2D eigenvalue weighted by Crippen LogP contribution is 2.24. The third-order valence-corrected chi connectivity index (χ3v) is 3.73. The molecule has 0 bridgehead atoms. The van der Waals surface area contributed by atoms with E-state index in [-0.39, 0.29) is 11.7 Å². The van der Waals surface area contributed by atoms with Gasteiger partial charge in [-0.2, -0.15) is 0 Å². The average Bonchev–Trinajstić information content (AvgIpc) is 2.84. The van der Waals surface area contributed by atoms with Gasteiger partial charge in [-0.25, -0.2) is 9.37 Å². The molecule has 0 spiro atoms. The van der Waals surface area contributed by atoms with Crippen molar-refractivity contribution in [2.24, 2.45) is 0 Å². The number of ketones is 1. The highest BCUT2D eigenvalue weighted by atomic mass is 19.1. The van der Waals surface area contributed by atoms with Crippen LogP contribution >= 0.6 is 0 Å². The minimum atomic E-state index is -0.412.